The Hall–Kier alpha value is -2.22. The third kappa shape index (κ3) is 4.74. The van der Waals surface area contributed by atoms with E-state index < -0.39 is 0 Å². The molecule has 0 spiro atoms. The maximum atomic E-state index is 12.9. The number of aromatic nitrogens is 2. The van der Waals surface area contributed by atoms with Gasteiger partial charge in [-0.3, -0.25) is 9.36 Å². The van der Waals surface area contributed by atoms with Gasteiger partial charge in [0.15, 0.2) is 0 Å². The molecule has 27 heavy (non-hydrogen) atoms. The Labute approximate surface area is 166 Å². The van der Waals surface area contributed by atoms with Gasteiger partial charge < -0.3 is 4.74 Å². The summed E-state index contributed by atoms with van der Waals surface area (Å²) in [5.41, 5.74) is 4.28. The van der Waals surface area contributed by atoms with Crippen molar-refractivity contribution in [3.8, 4) is 0 Å². The van der Waals surface area contributed by atoms with E-state index >= 15 is 0 Å². The average Bonchev–Trinajstić information content (AvgIpc) is 3.11. The average molecular weight is 405 g/mol. The lowest BCUT2D eigenvalue weighted by atomic mass is 10.2. The van der Waals surface area contributed by atoms with E-state index in [0.29, 0.717) is 47.4 Å². The molecule has 2 heterocycles. The Balaban J connectivity index is 1.92. The summed E-state index contributed by atoms with van der Waals surface area (Å²) in [7, 11) is 0. The summed E-state index contributed by atoms with van der Waals surface area (Å²) in [5, 5.41) is 4.98. The van der Waals surface area contributed by atoms with E-state index in [1.807, 2.05) is 44.2 Å². The van der Waals surface area contributed by atoms with E-state index in [1.165, 1.54) is 11.3 Å². The molecule has 8 heteroatoms. The minimum absolute atomic E-state index is 0.0911. The standard InChI is InChI=1S/C19H21ClN4O2S/c1-3-26-12-6-11-24-18(25)14-7-4-5-8-15(14)21-19(24)23-22-13(2)16-9-10-17(20)27-16/h4-5,7-10H,3,6,11-12H2,1-2H3,(H,21,23)/b22-13-. The van der Waals surface area contributed by atoms with Gasteiger partial charge in [-0.05, 0) is 44.5 Å². The summed E-state index contributed by atoms with van der Waals surface area (Å²) < 4.78 is 7.70. The largest absolute Gasteiger partial charge is 0.382 e. The lowest BCUT2D eigenvalue weighted by molar-refractivity contribution is 0.141. The van der Waals surface area contributed by atoms with Crippen LogP contribution in [0.25, 0.3) is 10.9 Å². The highest BCUT2D eigenvalue weighted by atomic mass is 35.5. The summed E-state index contributed by atoms with van der Waals surface area (Å²) >= 11 is 7.44. The van der Waals surface area contributed by atoms with Gasteiger partial charge in [-0.25, -0.2) is 10.4 Å². The maximum Gasteiger partial charge on any atom is 0.262 e. The second kappa shape index (κ2) is 9.12. The Kier molecular flexibility index (Phi) is 6.60. The molecule has 3 aromatic rings. The number of para-hydroxylation sites is 1. The lowest BCUT2D eigenvalue weighted by Crippen LogP contribution is -2.25. The normalized spacial score (nSPS) is 11.9. The Bertz CT molecular complexity index is 1010. The van der Waals surface area contributed by atoms with Crippen LogP contribution in [0.3, 0.4) is 0 Å². The quantitative estimate of drug-likeness (QED) is 0.344. The number of benzene rings is 1. The van der Waals surface area contributed by atoms with Crippen molar-refractivity contribution in [1.29, 1.82) is 0 Å². The van der Waals surface area contributed by atoms with Crippen LogP contribution in [0.1, 0.15) is 25.1 Å². The van der Waals surface area contributed by atoms with Crippen molar-refractivity contribution in [3.63, 3.8) is 0 Å². The van der Waals surface area contributed by atoms with Crippen LogP contribution in [0.2, 0.25) is 4.34 Å². The SMILES string of the molecule is CCOCCCn1c(N/N=C(/C)c2ccc(Cl)s2)nc2ccccc2c1=O. The van der Waals surface area contributed by atoms with Crippen molar-refractivity contribution >= 4 is 45.5 Å². The van der Waals surface area contributed by atoms with Crippen molar-refractivity contribution in [2.75, 3.05) is 18.6 Å². The second-order valence-electron chi connectivity index (χ2n) is 5.87. The number of halogens is 1. The molecule has 142 valence electrons. The summed E-state index contributed by atoms with van der Waals surface area (Å²) in [4.78, 5) is 18.5. The molecular weight excluding hydrogens is 384 g/mol. The number of thiophene rings is 1. The molecule has 0 fully saturated rings. The van der Waals surface area contributed by atoms with Gasteiger partial charge in [0.25, 0.3) is 5.56 Å². The summed E-state index contributed by atoms with van der Waals surface area (Å²) in [5.74, 6) is 0.414. The Morgan fingerprint density at radius 1 is 1.33 bits per heavy atom. The van der Waals surface area contributed by atoms with Crippen LogP contribution in [-0.4, -0.2) is 28.5 Å². The van der Waals surface area contributed by atoms with Gasteiger partial charge in [0.2, 0.25) is 5.95 Å². The fourth-order valence-corrected chi connectivity index (χ4v) is 3.62. The molecule has 0 aliphatic carbocycles. The summed E-state index contributed by atoms with van der Waals surface area (Å²) in [6.07, 6.45) is 0.714. The fourth-order valence-electron chi connectivity index (χ4n) is 2.63. The molecule has 1 aromatic carbocycles. The van der Waals surface area contributed by atoms with Gasteiger partial charge in [0.1, 0.15) is 0 Å². The van der Waals surface area contributed by atoms with E-state index in [9.17, 15) is 4.79 Å². The number of hydrazone groups is 1. The zero-order valence-electron chi connectivity index (χ0n) is 15.2. The van der Waals surface area contributed by atoms with Gasteiger partial charge in [0, 0.05) is 19.8 Å². The smallest absolute Gasteiger partial charge is 0.262 e. The van der Waals surface area contributed by atoms with Crippen LogP contribution in [0.15, 0.2) is 46.3 Å². The molecule has 0 bridgehead atoms. The molecule has 6 nitrogen and oxygen atoms in total. The molecule has 0 aliphatic heterocycles. The molecule has 0 amide bonds. The third-order valence-electron chi connectivity index (χ3n) is 3.99. The number of hydrogen-bond acceptors (Lipinski definition) is 6. The topological polar surface area (TPSA) is 68.5 Å². The first-order valence-electron chi connectivity index (χ1n) is 8.73. The molecule has 0 saturated heterocycles. The van der Waals surface area contributed by atoms with E-state index in [1.54, 1.807) is 10.6 Å². The minimum atomic E-state index is -0.0911. The number of hydrogen-bond donors (Lipinski definition) is 1. The molecule has 0 radical (unpaired) electrons. The van der Waals surface area contributed by atoms with Crippen LogP contribution in [0.4, 0.5) is 5.95 Å². The van der Waals surface area contributed by atoms with Crippen molar-refractivity contribution in [2.45, 2.75) is 26.8 Å². The van der Waals surface area contributed by atoms with Crippen LogP contribution in [0, 0.1) is 0 Å². The summed E-state index contributed by atoms with van der Waals surface area (Å²) in [6.45, 7) is 5.57. The Morgan fingerprint density at radius 2 is 2.15 bits per heavy atom. The maximum absolute atomic E-state index is 12.9. The molecule has 0 saturated carbocycles. The highest BCUT2D eigenvalue weighted by Gasteiger charge is 2.11. The zero-order chi connectivity index (χ0) is 19.2. The van der Waals surface area contributed by atoms with Gasteiger partial charge in [-0.15, -0.1) is 11.3 Å². The Morgan fingerprint density at radius 3 is 2.89 bits per heavy atom. The van der Waals surface area contributed by atoms with E-state index in [0.717, 1.165) is 10.6 Å². The van der Waals surface area contributed by atoms with Crippen LogP contribution in [-0.2, 0) is 11.3 Å². The van der Waals surface area contributed by atoms with Crippen LogP contribution < -0.4 is 11.0 Å². The first-order valence-corrected chi connectivity index (χ1v) is 9.93. The van der Waals surface area contributed by atoms with Gasteiger partial charge in [0.05, 0.1) is 25.8 Å². The first kappa shape index (κ1) is 19.5. The number of nitrogens with one attached hydrogen (secondary N) is 1. The highest BCUT2D eigenvalue weighted by molar-refractivity contribution is 7.18. The van der Waals surface area contributed by atoms with Crippen molar-refractivity contribution in [1.82, 2.24) is 9.55 Å². The predicted molar refractivity (Wildman–Crippen MR) is 112 cm³/mol. The molecular formula is C19H21ClN4O2S. The number of rotatable bonds is 8. The third-order valence-corrected chi connectivity index (χ3v) is 5.33. The van der Waals surface area contributed by atoms with E-state index in [4.69, 9.17) is 16.3 Å². The monoisotopic (exact) mass is 404 g/mol. The molecule has 1 N–H and O–H groups in total. The van der Waals surface area contributed by atoms with Gasteiger partial charge in [-0.2, -0.15) is 5.10 Å². The second-order valence-corrected chi connectivity index (χ2v) is 7.59. The number of fused-ring (bicyclic) bond motifs is 1. The van der Waals surface area contributed by atoms with Crippen molar-refractivity contribution in [3.05, 3.63) is 56.0 Å². The fraction of sp³-hybridized carbons (Fsp3) is 0.316. The van der Waals surface area contributed by atoms with Crippen LogP contribution in [0.5, 0.6) is 0 Å². The van der Waals surface area contributed by atoms with E-state index in [2.05, 4.69) is 15.5 Å². The lowest BCUT2D eigenvalue weighted by Gasteiger charge is -2.13. The number of anilines is 1. The van der Waals surface area contributed by atoms with E-state index in [-0.39, 0.29) is 5.56 Å². The van der Waals surface area contributed by atoms with Gasteiger partial charge >= 0.3 is 0 Å². The summed E-state index contributed by atoms with van der Waals surface area (Å²) in [6, 6.07) is 11.1. The molecule has 0 unspecified atom stereocenters. The van der Waals surface area contributed by atoms with Crippen LogP contribution >= 0.6 is 22.9 Å². The van der Waals surface area contributed by atoms with Crippen molar-refractivity contribution in [2.24, 2.45) is 5.10 Å². The molecule has 0 atom stereocenters. The van der Waals surface area contributed by atoms with Crippen molar-refractivity contribution < 1.29 is 4.74 Å². The highest BCUT2D eigenvalue weighted by Crippen LogP contribution is 2.22. The number of ether oxygens (including phenoxy) is 1. The molecule has 3 rings (SSSR count). The minimum Gasteiger partial charge on any atom is -0.382 e. The first-order chi connectivity index (χ1) is 13.1. The molecule has 0 aliphatic rings. The zero-order valence-corrected chi connectivity index (χ0v) is 16.8. The van der Waals surface area contributed by atoms with Gasteiger partial charge in [-0.1, -0.05) is 23.7 Å². The predicted octanol–water partition coefficient (Wildman–Crippen LogP) is 4.37. The molecule has 2 aromatic heterocycles. The number of nitrogens with zero attached hydrogens (tertiary/aromatic N) is 3.